The minimum atomic E-state index is -1.06. The first kappa shape index (κ1) is 27.0. The average Bonchev–Trinajstić information content (AvgIpc) is 3.74. The third-order valence-corrected chi connectivity index (χ3v) is 8.55. The summed E-state index contributed by atoms with van der Waals surface area (Å²) in [6.45, 7) is 6.27. The van der Waals surface area contributed by atoms with E-state index in [-0.39, 0.29) is 18.0 Å². The van der Waals surface area contributed by atoms with Crippen molar-refractivity contribution in [2.24, 2.45) is 0 Å². The highest BCUT2D eigenvalue weighted by Gasteiger charge is 2.36. The van der Waals surface area contributed by atoms with Crippen molar-refractivity contribution >= 4 is 22.9 Å². The molecule has 0 radical (unpaired) electrons. The summed E-state index contributed by atoms with van der Waals surface area (Å²) in [5.41, 5.74) is 11.0. The van der Waals surface area contributed by atoms with E-state index in [4.69, 9.17) is 15.7 Å². The van der Waals surface area contributed by atoms with Crippen molar-refractivity contribution in [3.63, 3.8) is 0 Å². The molecular weight excluding hydrogens is 545 g/mol. The van der Waals surface area contributed by atoms with E-state index >= 15 is 4.39 Å². The Morgan fingerprint density at radius 2 is 2.05 bits per heavy atom. The number of likely N-dealkylation sites (tertiary alicyclic amines) is 1. The van der Waals surface area contributed by atoms with Gasteiger partial charge in [0.2, 0.25) is 5.91 Å². The van der Waals surface area contributed by atoms with Crippen LogP contribution >= 0.6 is 0 Å². The van der Waals surface area contributed by atoms with E-state index < -0.39 is 12.2 Å². The molecule has 11 heteroatoms. The molecule has 0 saturated carbocycles. The van der Waals surface area contributed by atoms with Crippen LogP contribution in [0.1, 0.15) is 36.9 Å². The summed E-state index contributed by atoms with van der Waals surface area (Å²) < 4.78 is 19.3. The van der Waals surface area contributed by atoms with Gasteiger partial charge >= 0.3 is 0 Å². The number of pyridine rings is 2. The van der Waals surface area contributed by atoms with Gasteiger partial charge in [0.25, 0.3) is 0 Å². The Balaban J connectivity index is 1.25. The number of benzene rings is 1. The fourth-order valence-corrected chi connectivity index (χ4v) is 6.46. The lowest BCUT2D eigenvalue weighted by Gasteiger charge is -2.38. The van der Waals surface area contributed by atoms with Crippen LogP contribution in [0.2, 0.25) is 0 Å². The van der Waals surface area contributed by atoms with E-state index in [1.165, 1.54) is 6.08 Å². The van der Waals surface area contributed by atoms with Crippen molar-refractivity contribution < 1.29 is 9.18 Å². The van der Waals surface area contributed by atoms with Gasteiger partial charge in [-0.3, -0.25) is 9.36 Å². The molecule has 1 amide bonds. The molecule has 1 aliphatic carbocycles. The summed E-state index contributed by atoms with van der Waals surface area (Å²) in [7, 11) is 0. The maximum Gasteiger partial charge on any atom is 0.246 e. The van der Waals surface area contributed by atoms with E-state index in [0.29, 0.717) is 47.2 Å². The number of alkyl halides is 1. The van der Waals surface area contributed by atoms with Crippen LogP contribution in [-0.4, -0.2) is 64.9 Å². The van der Waals surface area contributed by atoms with Gasteiger partial charge in [-0.25, -0.2) is 24.0 Å². The van der Waals surface area contributed by atoms with Crippen LogP contribution in [0.4, 0.5) is 10.2 Å². The highest BCUT2D eigenvalue weighted by molar-refractivity contribution is 5.87. The minimum Gasteiger partial charge on any atom is -0.383 e. The second-order valence-corrected chi connectivity index (χ2v) is 11.2. The number of nitrogens with zero attached hydrogens (tertiary/aromatic N) is 7. The molecular formula is C32H32FN9O. The number of nitrogen functional groups attached to an aromatic ring is 1. The number of nitrogens with one attached hydrogen (secondary N) is 1. The molecule has 1 saturated heterocycles. The van der Waals surface area contributed by atoms with E-state index in [1.807, 2.05) is 71.1 Å². The van der Waals surface area contributed by atoms with E-state index in [1.54, 1.807) is 17.1 Å². The first-order chi connectivity index (χ1) is 20.9. The molecule has 4 atom stereocenters. The Hall–Kier alpha value is -4.90. The number of piperidine rings is 1. The molecule has 1 aliphatic heterocycles. The Kier molecular flexibility index (Phi) is 6.73. The number of fused-ring (bicyclic) bond motifs is 2. The summed E-state index contributed by atoms with van der Waals surface area (Å²) in [4.78, 5) is 28.1. The summed E-state index contributed by atoms with van der Waals surface area (Å²) in [6, 6.07) is 15.1. The van der Waals surface area contributed by atoms with Gasteiger partial charge in [-0.05, 0) is 79.4 Å². The van der Waals surface area contributed by atoms with Gasteiger partial charge in [-0.15, -0.1) is 0 Å². The Morgan fingerprint density at radius 1 is 1.16 bits per heavy atom. The summed E-state index contributed by atoms with van der Waals surface area (Å²) in [5, 5.41) is 7.91. The Bertz CT molecular complexity index is 1830. The maximum atomic E-state index is 15.6. The second-order valence-electron chi connectivity index (χ2n) is 11.2. The molecule has 10 nitrogen and oxygen atoms in total. The monoisotopic (exact) mass is 577 g/mol. The van der Waals surface area contributed by atoms with Crippen LogP contribution in [0.15, 0.2) is 79.8 Å². The first-order valence-corrected chi connectivity index (χ1v) is 14.5. The summed E-state index contributed by atoms with van der Waals surface area (Å²) in [5.74, 6) is 1.55. The fraction of sp³-hybridized carbons (Fsp3) is 0.281. The number of carbonyl (C=O) groups excluding carboxylic acids is 1. The molecule has 2 aliphatic rings. The molecule has 1 fully saturated rings. The van der Waals surface area contributed by atoms with Crippen molar-refractivity contribution in [3.05, 3.63) is 90.9 Å². The lowest BCUT2D eigenvalue weighted by atomic mass is 9.96. The molecule has 0 spiro atoms. The molecule has 4 aromatic heterocycles. The number of imidazole rings is 1. The molecule has 2 unspecified atom stereocenters. The van der Waals surface area contributed by atoms with Gasteiger partial charge in [0.15, 0.2) is 17.3 Å². The third kappa shape index (κ3) is 4.75. The van der Waals surface area contributed by atoms with Crippen LogP contribution in [-0.2, 0) is 11.2 Å². The van der Waals surface area contributed by atoms with Crippen LogP contribution in [0.25, 0.3) is 34.1 Å². The van der Waals surface area contributed by atoms with Gasteiger partial charge in [-0.1, -0.05) is 12.6 Å². The van der Waals surface area contributed by atoms with Crippen molar-refractivity contribution in [3.8, 4) is 22.9 Å². The van der Waals surface area contributed by atoms with Gasteiger partial charge in [0, 0.05) is 49.3 Å². The predicted octanol–water partition coefficient (Wildman–Crippen LogP) is 4.34. The van der Waals surface area contributed by atoms with Gasteiger partial charge < -0.3 is 16.0 Å². The van der Waals surface area contributed by atoms with Gasteiger partial charge in [0.05, 0.1) is 11.6 Å². The molecule has 0 bridgehead atoms. The van der Waals surface area contributed by atoms with Crippen molar-refractivity contribution in [2.45, 2.75) is 50.5 Å². The minimum absolute atomic E-state index is 0.0567. The number of rotatable bonds is 6. The topological polar surface area (TPSA) is 120 Å². The van der Waals surface area contributed by atoms with Crippen molar-refractivity contribution in [1.29, 1.82) is 0 Å². The lowest BCUT2D eigenvalue weighted by molar-refractivity contribution is -0.129. The number of aromatic nitrogens is 6. The molecule has 7 rings (SSSR count). The van der Waals surface area contributed by atoms with E-state index in [0.717, 1.165) is 29.7 Å². The van der Waals surface area contributed by atoms with Gasteiger partial charge in [0.1, 0.15) is 17.5 Å². The molecule has 1 aromatic carbocycles. The zero-order chi connectivity index (χ0) is 29.7. The normalized spacial score (nSPS) is 21.7. The number of halogens is 1. The number of carbonyl (C=O) groups is 1. The summed E-state index contributed by atoms with van der Waals surface area (Å²) in [6.07, 6.45) is 7.30. The smallest absolute Gasteiger partial charge is 0.246 e. The zero-order valence-electron chi connectivity index (χ0n) is 23.8. The lowest BCUT2D eigenvalue weighted by Crippen LogP contribution is -2.50. The van der Waals surface area contributed by atoms with Crippen molar-refractivity contribution in [1.82, 2.24) is 39.5 Å². The first-order valence-electron chi connectivity index (χ1n) is 14.5. The van der Waals surface area contributed by atoms with Gasteiger partial charge in [-0.2, -0.15) is 5.10 Å². The zero-order valence-corrected chi connectivity index (χ0v) is 23.8. The van der Waals surface area contributed by atoms with Crippen LogP contribution in [0, 0.1) is 0 Å². The van der Waals surface area contributed by atoms with Crippen LogP contribution in [0.5, 0.6) is 0 Å². The van der Waals surface area contributed by atoms with E-state index in [9.17, 15) is 4.79 Å². The average molecular weight is 578 g/mol. The largest absolute Gasteiger partial charge is 0.383 e. The molecule has 218 valence electrons. The summed E-state index contributed by atoms with van der Waals surface area (Å²) >= 11 is 0. The van der Waals surface area contributed by atoms with E-state index in [2.05, 4.69) is 22.0 Å². The number of hydrogen-bond donors (Lipinski definition) is 2. The fourth-order valence-electron chi connectivity index (χ4n) is 6.46. The number of nitrogens with two attached hydrogens (primary N) is 1. The Morgan fingerprint density at radius 3 is 2.81 bits per heavy atom. The molecule has 43 heavy (non-hydrogen) atoms. The molecule has 3 N–H and O–H groups in total. The van der Waals surface area contributed by atoms with Crippen molar-refractivity contribution in [2.75, 3.05) is 12.3 Å². The highest BCUT2D eigenvalue weighted by atomic mass is 19.1. The van der Waals surface area contributed by atoms with Crippen LogP contribution in [0.3, 0.4) is 0 Å². The maximum absolute atomic E-state index is 15.6. The third-order valence-electron chi connectivity index (χ3n) is 8.55. The number of hydrogen-bond acceptors (Lipinski definition) is 7. The predicted molar refractivity (Wildman–Crippen MR) is 163 cm³/mol. The highest BCUT2D eigenvalue weighted by Crippen LogP contribution is 2.38. The Labute approximate surface area is 248 Å². The quantitative estimate of drug-likeness (QED) is 0.288. The van der Waals surface area contributed by atoms with Crippen LogP contribution < -0.4 is 11.1 Å². The SMILES string of the molecule is C=CC(=O)N1CCC(N[C@@H]2c3ccc(-n4c(-c5cccnc5N)nc5ccc(-n6cccn6)nc54)cc3CC2F)C[C@H]1C. The number of amides is 1. The molecule has 5 heterocycles. The standard InChI is InChI=1S/C32H32FN9O/c1-3-28(43)40-15-11-21(16-19(40)2)37-29-23-8-7-22(17-20(23)18-25(29)33)42-31(24-6-4-12-35-30(24)34)38-26-9-10-27(39-32(26)42)41-14-5-13-36-41/h3-10,12-14,17,19,21,25,29,37H,1,11,15-16,18H2,2H3,(H2,34,35)/t19-,21?,25?,29-/m1/s1. The molecule has 5 aromatic rings. The second kappa shape index (κ2) is 10.7. The number of anilines is 1.